The van der Waals surface area contributed by atoms with Gasteiger partial charge in [0, 0.05) is 12.6 Å². The molecule has 0 atom stereocenters. The van der Waals surface area contributed by atoms with Crippen molar-refractivity contribution < 1.29 is 13.9 Å². The molecule has 0 amide bonds. The average Bonchev–Trinajstić information content (AvgIpc) is 2.73. The summed E-state index contributed by atoms with van der Waals surface area (Å²) in [6.07, 6.45) is 0.793. The highest BCUT2D eigenvalue weighted by Crippen LogP contribution is 2.23. The van der Waals surface area contributed by atoms with Crippen molar-refractivity contribution in [2.75, 3.05) is 0 Å². The van der Waals surface area contributed by atoms with Crippen LogP contribution in [0, 0.1) is 11.6 Å². The Morgan fingerprint density at radius 1 is 1.28 bits per heavy atom. The number of hydrogen-bond acceptors (Lipinski definition) is 3. The van der Waals surface area contributed by atoms with E-state index in [4.69, 9.17) is 5.11 Å². The van der Waals surface area contributed by atoms with E-state index in [1.807, 2.05) is 6.92 Å². The molecule has 0 fully saturated rings. The Morgan fingerprint density at radius 3 is 2.67 bits per heavy atom. The Morgan fingerprint density at radius 2 is 2.06 bits per heavy atom. The zero-order valence-corrected chi connectivity index (χ0v) is 9.90. The lowest BCUT2D eigenvalue weighted by Gasteiger charge is -2.08. The van der Waals surface area contributed by atoms with E-state index >= 15 is 0 Å². The van der Waals surface area contributed by atoms with E-state index in [2.05, 4.69) is 10.2 Å². The van der Waals surface area contributed by atoms with Crippen LogP contribution in [-0.2, 0) is 13.2 Å². The van der Waals surface area contributed by atoms with Crippen molar-refractivity contribution in [1.82, 2.24) is 14.8 Å². The zero-order valence-electron chi connectivity index (χ0n) is 9.90. The monoisotopic (exact) mass is 253 g/mol. The van der Waals surface area contributed by atoms with Crippen molar-refractivity contribution in [1.29, 1.82) is 0 Å². The van der Waals surface area contributed by atoms with Gasteiger partial charge in [-0.15, -0.1) is 10.2 Å². The number of halogens is 2. The number of nitrogens with zero attached hydrogens (tertiary/aromatic N) is 3. The number of hydrogen-bond donors (Lipinski definition) is 1. The maximum absolute atomic E-state index is 13.7. The van der Waals surface area contributed by atoms with E-state index in [1.165, 1.54) is 12.1 Å². The molecule has 96 valence electrons. The second-order valence-corrected chi connectivity index (χ2v) is 3.87. The van der Waals surface area contributed by atoms with Crippen molar-refractivity contribution in [3.05, 3.63) is 35.7 Å². The van der Waals surface area contributed by atoms with Gasteiger partial charge < -0.3 is 9.67 Å². The summed E-state index contributed by atoms with van der Waals surface area (Å²) in [5.74, 6) is -0.654. The van der Waals surface area contributed by atoms with Crippen molar-refractivity contribution in [3.63, 3.8) is 0 Å². The molecule has 0 bridgehead atoms. The van der Waals surface area contributed by atoms with Gasteiger partial charge >= 0.3 is 0 Å². The van der Waals surface area contributed by atoms with E-state index in [-0.39, 0.29) is 12.2 Å². The largest absolute Gasteiger partial charge is 0.388 e. The molecule has 1 aromatic carbocycles. The minimum absolute atomic E-state index is 0.178. The van der Waals surface area contributed by atoms with Crippen LogP contribution in [0.3, 0.4) is 0 Å². The summed E-state index contributed by atoms with van der Waals surface area (Å²) in [6, 6.07) is 3.29. The smallest absolute Gasteiger partial charge is 0.166 e. The molecule has 1 heterocycles. The lowest BCUT2D eigenvalue weighted by molar-refractivity contribution is 0.264. The van der Waals surface area contributed by atoms with Gasteiger partial charge in [0.05, 0.1) is 5.56 Å². The summed E-state index contributed by atoms with van der Waals surface area (Å²) in [5.41, 5.74) is 0.178. The van der Waals surface area contributed by atoms with E-state index in [0.717, 1.165) is 12.5 Å². The molecule has 2 rings (SSSR count). The van der Waals surface area contributed by atoms with Gasteiger partial charge in [0.2, 0.25) is 0 Å². The van der Waals surface area contributed by atoms with Crippen LogP contribution < -0.4 is 0 Å². The van der Waals surface area contributed by atoms with E-state index in [1.54, 1.807) is 4.57 Å². The highest BCUT2D eigenvalue weighted by atomic mass is 19.1. The topological polar surface area (TPSA) is 50.9 Å². The molecular weight excluding hydrogens is 240 g/mol. The number of aliphatic hydroxyl groups is 1. The molecule has 0 saturated carbocycles. The first-order chi connectivity index (χ1) is 8.67. The summed E-state index contributed by atoms with van der Waals surface area (Å²) in [7, 11) is 0. The summed E-state index contributed by atoms with van der Waals surface area (Å²) in [4.78, 5) is 0. The Labute approximate surface area is 103 Å². The molecule has 4 nitrogen and oxygen atoms in total. The summed E-state index contributed by atoms with van der Waals surface area (Å²) in [6.45, 7) is 2.25. The van der Waals surface area contributed by atoms with Crippen LogP contribution in [0.5, 0.6) is 0 Å². The van der Waals surface area contributed by atoms with Gasteiger partial charge in [-0.3, -0.25) is 0 Å². The second kappa shape index (κ2) is 5.22. The number of benzene rings is 1. The molecule has 2 aromatic rings. The maximum Gasteiger partial charge on any atom is 0.166 e. The van der Waals surface area contributed by atoms with Crippen LogP contribution in [0.15, 0.2) is 18.2 Å². The first-order valence-corrected chi connectivity index (χ1v) is 5.65. The molecule has 0 saturated heterocycles. The fourth-order valence-corrected chi connectivity index (χ4v) is 1.78. The first-order valence-electron chi connectivity index (χ1n) is 5.65. The lowest BCUT2D eigenvalue weighted by atomic mass is 10.2. The predicted octanol–water partition coefficient (Wildman–Crippen LogP) is 2.13. The van der Waals surface area contributed by atoms with Crippen molar-refractivity contribution >= 4 is 0 Å². The third-order valence-electron chi connectivity index (χ3n) is 2.59. The fraction of sp³-hybridized carbons (Fsp3) is 0.333. The lowest BCUT2D eigenvalue weighted by Crippen LogP contribution is -2.06. The molecule has 1 aromatic heterocycles. The third kappa shape index (κ3) is 2.24. The summed E-state index contributed by atoms with van der Waals surface area (Å²) < 4.78 is 28.2. The molecule has 0 aliphatic rings. The molecule has 0 aliphatic carbocycles. The number of aliphatic hydroxyl groups excluding tert-OH is 1. The van der Waals surface area contributed by atoms with Crippen molar-refractivity contribution in [2.24, 2.45) is 0 Å². The standard InChI is InChI=1S/C12H13F2N3O/c1-2-5-17-11(7-18)15-16-12(17)9-4-3-8(13)6-10(9)14/h3-4,6,18H,2,5,7H2,1H3. The molecular formula is C12H13F2N3O. The van der Waals surface area contributed by atoms with Gasteiger partial charge in [-0.2, -0.15) is 0 Å². The highest BCUT2D eigenvalue weighted by molar-refractivity contribution is 5.56. The second-order valence-electron chi connectivity index (χ2n) is 3.87. The predicted molar refractivity (Wildman–Crippen MR) is 61.6 cm³/mol. The Bertz CT molecular complexity index is 554. The highest BCUT2D eigenvalue weighted by Gasteiger charge is 2.16. The molecule has 0 spiro atoms. The molecule has 0 unspecified atom stereocenters. The number of aromatic nitrogens is 3. The average molecular weight is 253 g/mol. The van der Waals surface area contributed by atoms with Crippen LogP contribution >= 0.6 is 0 Å². The van der Waals surface area contributed by atoms with Gasteiger partial charge in [-0.05, 0) is 18.6 Å². The van der Waals surface area contributed by atoms with Crippen LogP contribution in [-0.4, -0.2) is 19.9 Å². The van der Waals surface area contributed by atoms with Crippen LogP contribution in [0.2, 0.25) is 0 Å². The molecule has 0 radical (unpaired) electrons. The van der Waals surface area contributed by atoms with Crippen LogP contribution in [0.4, 0.5) is 8.78 Å². The van der Waals surface area contributed by atoms with E-state index < -0.39 is 11.6 Å². The molecule has 0 aliphatic heterocycles. The zero-order chi connectivity index (χ0) is 13.1. The third-order valence-corrected chi connectivity index (χ3v) is 2.59. The quantitative estimate of drug-likeness (QED) is 0.908. The van der Waals surface area contributed by atoms with E-state index in [0.29, 0.717) is 18.2 Å². The fourth-order valence-electron chi connectivity index (χ4n) is 1.78. The normalized spacial score (nSPS) is 10.9. The van der Waals surface area contributed by atoms with Crippen molar-refractivity contribution in [3.8, 4) is 11.4 Å². The minimum Gasteiger partial charge on any atom is -0.388 e. The Kier molecular flexibility index (Phi) is 3.66. The molecule has 18 heavy (non-hydrogen) atoms. The SMILES string of the molecule is CCCn1c(CO)nnc1-c1ccc(F)cc1F. The Hall–Kier alpha value is -1.82. The van der Waals surface area contributed by atoms with Gasteiger partial charge in [0.1, 0.15) is 18.2 Å². The van der Waals surface area contributed by atoms with Crippen LogP contribution in [0.25, 0.3) is 11.4 Å². The van der Waals surface area contributed by atoms with Crippen LogP contribution in [0.1, 0.15) is 19.2 Å². The van der Waals surface area contributed by atoms with Gasteiger partial charge in [-0.1, -0.05) is 6.92 Å². The minimum atomic E-state index is -0.691. The van der Waals surface area contributed by atoms with Gasteiger partial charge in [0.25, 0.3) is 0 Å². The molecule has 6 heteroatoms. The first kappa shape index (κ1) is 12.6. The van der Waals surface area contributed by atoms with Gasteiger partial charge in [-0.25, -0.2) is 8.78 Å². The summed E-state index contributed by atoms with van der Waals surface area (Å²) in [5, 5.41) is 16.8. The maximum atomic E-state index is 13.7. The number of rotatable bonds is 4. The molecule has 1 N–H and O–H groups in total. The van der Waals surface area contributed by atoms with Gasteiger partial charge in [0.15, 0.2) is 11.6 Å². The Balaban J connectivity index is 2.52. The summed E-state index contributed by atoms with van der Waals surface area (Å²) >= 11 is 0. The van der Waals surface area contributed by atoms with E-state index in [9.17, 15) is 8.78 Å². The van der Waals surface area contributed by atoms with Crippen molar-refractivity contribution in [2.45, 2.75) is 26.5 Å².